The van der Waals surface area contributed by atoms with Gasteiger partial charge in [-0.05, 0) is 12.0 Å². The fraction of sp³-hybridized carbons (Fsp3) is 0.429. The van der Waals surface area contributed by atoms with Crippen molar-refractivity contribution < 1.29 is 14.3 Å². The van der Waals surface area contributed by atoms with Crippen LogP contribution in [0.25, 0.3) is 0 Å². The van der Waals surface area contributed by atoms with E-state index in [2.05, 4.69) is 5.32 Å². The van der Waals surface area contributed by atoms with Crippen LogP contribution in [0, 0.1) is 0 Å². The van der Waals surface area contributed by atoms with Gasteiger partial charge in [-0.15, -0.1) is 0 Å². The minimum Gasteiger partial charge on any atom is -0.459 e. The Kier molecular flexibility index (Phi) is 6.54. The maximum Gasteiger partial charge on any atom is 0.328 e. The Morgan fingerprint density at radius 2 is 2.11 bits per heavy atom. The molecule has 4 nitrogen and oxygen atoms in total. The zero-order chi connectivity index (χ0) is 13.2. The molecule has 18 heavy (non-hydrogen) atoms. The topological polar surface area (TPSA) is 55.4 Å². The third kappa shape index (κ3) is 4.99. The Morgan fingerprint density at radius 3 is 2.72 bits per heavy atom. The van der Waals surface area contributed by atoms with Crippen molar-refractivity contribution in [3.05, 3.63) is 35.9 Å². The van der Waals surface area contributed by atoms with Crippen molar-refractivity contribution in [3.8, 4) is 0 Å². The Labute approximate surface area is 107 Å². The summed E-state index contributed by atoms with van der Waals surface area (Å²) in [6.45, 7) is 2.27. The molecule has 0 aliphatic heterocycles. The predicted molar refractivity (Wildman–Crippen MR) is 68.8 cm³/mol. The summed E-state index contributed by atoms with van der Waals surface area (Å²) >= 11 is 0. The van der Waals surface area contributed by atoms with E-state index < -0.39 is 6.04 Å². The van der Waals surface area contributed by atoms with Gasteiger partial charge in [-0.25, -0.2) is 4.79 Å². The molecule has 98 valence electrons. The number of esters is 1. The van der Waals surface area contributed by atoms with Gasteiger partial charge < -0.3 is 10.1 Å². The molecule has 0 unspecified atom stereocenters. The summed E-state index contributed by atoms with van der Waals surface area (Å²) in [7, 11) is 0. The van der Waals surface area contributed by atoms with E-state index >= 15 is 0 Å². The van der Waals surface area contributed by atoms with Crippen LogP contribution in [0.2, 0.25) is 0 Å². The van der Waals surface area contributed by atoms with Crippen LogP contribution in [0.5, 0.6) is 0 Å². The SMILES string of the molecule is CCCC[C@H](NC=O)C(=O)OCc1ccccc1. The fourth-order valence-corrected chi connectivity index (χ4v) is 1.59. The van der Waals surface area contributed by atoms with Gasteiger partial charge in [0, 0.05) is 0 Å². The van der Waals surface area contributed by atoms with Crippen molar-refractivity contribution in [2.75, 3.05) is 0 Å². The van der Waals surface area contributed by atoms with Crippen LogP contribution in [-0.2, 0) is 20.9 Å². The van der Waals surface area contributed by atoms with Crippen LogP contribution in [0.15, 0.2) is 30.3 Å². The molecular weight excluding hydrogens is 230 g/mol. The maximum absolute atomic E-state index is 11.8. The first-order valence-corrected chi connectivity index (χ1v) is 6.18. The number of benzene rings is 1. The lowest BCUT2D eigenvalue weighted by molar-refractivity contribution is -0.148. The normalized spacial score (nSPS) is 11.6. The molecule has 0 radical (unpaired) electrons. The van der Waals surface area contributed by atoms with Gasteiger partial charge >= 0.3 is 5.97 Å². The molecule has 1 rings (SSSR count). The Balaban J connectivity index is 2.43. The predicted octanol–water partition coefficient (Wildman–Crippen LogP) is 2.03. The number of ether oxygens (including phenoxy) is 1. The molecule has 0 saturated heterocycles. The summed E-state index contributed by atoms with van der Waals surface area (Å²) in [5.41, 5.74) is 0.936. The lowest BCUT2D eigenvalue weighted by atomic mass is 10.1. The third-order valence-electron chi connectivity index (χ3n) is 2.62. The molecule has 1 N–H and O–H groups in total. The summed E-state index contributed by atoms with van der Waals surface area (Å²) in [6.07, 6.45) is 3.02. The molecule has 0 fully saturated rings. The minimum absolute atomic E-state index is 0.239. The van der Waals surface area contributed by atoms with Crippen LogP contribution in [0.4, 0.5) is 0 Å². The van der Waals surface area contributed by atoms with Gasteiger partial charge in [0.25, 0.3) is 0 Å². The van der Waals surface area contributed by atoms with Crippen molar-refractivity contribution in [2.45, 2.75) is 38.8 Å². The highest BCUT2D eigenvalue weighted by molar-refractivity contribution is 5.78. The lowest BCUT2D eigenvalue weighted by Crippen LogP contribution is -2.37. The zero-order valence-electron chi connectivity index (χ0n) is 10.6. The van der Waals surface area contributed by atoms with E-state index in [0.29, 0.717) is 12.8 Å². The summed E-state index contributed by atoms with van der Waals surface area (Å²) in [5.74, 6) is -0.376. The van der Waals surface area contributed by atoms with E-state index in [1.165, 1.54) is 0 Å². The number of carbonyl (C=O) groups is 2. The first kappa shape index (κ1) is 14.2. The molecule has 0 aromatic heterocycles. The van der Waals surface area contributed by atoms with Crippen LogP contribution in [0.3, 0.4) is 0 Å². The van der Waals surface area contributed by atoms with E-state index in [1.807, 2.05) is 37.3 Å². The molecule has 0 aliphatic carbocycles. The highest BCUT2D eigenvalue weighted by atomic mass is 16.5. The van der Waals surface area contributed by atoms with Crippen molar-refractivity contribution in [3.63, 3.8) is 0 Å². The van der Waals surface area contributed by atoms with E-state index in [4.69, 9.17) is 4.74 Å². The molecular formula is C14H19NO3. The van der Waals surface area contributed by atoms with Gasteiger partial charge in [0.15, 0.2) is 0 Å². The standard InChI is InChI=1S/C14H19NO3/c1-2-3-9-13(15-11-16)14(17)18-10-12-7-5-4-6-8-12/h4-8,11,13H,2-3,9-10H2,1H3,(H,15,16)/t13-/m0/s1. The molecule has 1 amide bonds. The highest BCUT2D eigenvalue weighted by Crippen LogP contribution is 2.05. The molecule has 1 aromatic rings. The Hall–Kier alpha value is -1.84. The average molecular weight is 249 g/mol. The van der Waals surface area contributed by atoms with E-state index in [-0.39, 0.29) is 12.6 Å². The number of rotatable bonds is 8. The van der Waals surface area contributed by atoms with Gasteiger partial charge in [0.2, 0.25) is 6.41 Å². The average Bonchev–Trinajstić information content (AvgIpc) is 2.42. The number of nitrogens with one attached hydrogen (secondary N) is 1. The zero-order valence-corrected chi connectivity index (χ0v) is 10.6. The summed E-state index contributed by atoms with van der Waals surface area (Å²) < 4.78 is 5.18. The van der Waals surface area contributed by atoms with Crippen LogP contribution in [0.1, 0.15) is 31.7 Å². The van der Waals surface area contributed by atoms with E-state index in [1.54, 1.807) is 0 Å². The molecule has 0 heterocycles. The number of hydrogen-bond acceptors (Lipinski definition) is 3. The molecule has 0 saturated carbocycles. The molecule has 0 bridgehead atoms. The Bertz CT molecular complexity index is 365. The second kappa shape index (κ2) is 8.28. The molecule has 0 aliphatic rings. The van der Waals surface area contributed by atoms with Crippen molar-refractivity contribution in [1.82, 2.24) is 5.32 Å². The van der Waals surface area contributed by atoms with Crippen LogP contribution < -0.4 is 5.32 Å². The number of unbranched alkanes of at least 4 members (excludes halogenated alkanes) is 1. The largest absolute Gasteiger partial charge is 0.459 e. The van der Waals surface area contributed by atoms with Crippen LogP contribution in [-0.4, -0.2) is 18.4 Å². The van der Waals surface area contributed by atoms with E-state index in [9.17, 15) is 9.59 Å². The van der Waals surface area contributed by atoms with Gasteiger partial charge in [-0.1, -0.05) is 50.1 Å². The van der Waals surface area contributed by atoms with Gasteiger partial charge in [-0.2, -0.15) is 0 Å². The quantitative estimate of drug-likeness (QED) is 0.566. The monoisotopic (exact) mass is 249 g/mol. The maximum atomic E-state index is 11.8. The summed E-state index contributed by atoms with van der Waals surface area (Å²) in [5, 5.41) is 2.50. The van der Waals surface area contributed by atoms with Gasteiger partial charge in [0.1, 0.15) is 12.6 Å². The van der Waals surface area contributed by atoms with Crippen molar-refractivity contribution in [1.29, 1.82) is 0 Å². The lowest BCUT2D eigenvalue weighted by Gasteiger charge is -2.14. The summed E-state index contributed by atoms with van der Waals surface area (Å²) in [4.78, 5) is 22.2. The fourth-order valence-electron chi connectivity index (χ4n) is 1.59. The number of hydrogen-bond donors (Lipinski definition) is 1. The van der Waals surface area contributed by atoms with Crippen molar-refractivity contribution >= 4 is 12.4 Å². The molecule has 4 heteroatoms. The molecule has 0 spiro atoms. The van der Waals surface area contributed by atoms with Gasteiger partial charge in [0.05, 0.1) is 0 Å². The summed E-state index contributed by atoms with van der Waals surface area (Å²) in [6, 6.07) is 8.93. The second-order valence-corrected chi connectivity index (χ2v) is 4.07. The van der Waals surface area contributed by atoms with Gasteiger partial charge in [-0.3, -0.25) is 4.79 Å². The minimum atomic E-state index is -0.536. The van der Waals surface area contributed by atoms with E-state index in [0.717, 1.165) is 18.4 Å². The van der Waals surface area contributed by atoms with Crippen LogP contribution >= 0.6 is 0 Å². The van der Waals surface area contributed by atoms with Crippen molar-refractivity contribution in [2.24, 2.45) is 0 Å². The Morgan fingerprint density at radius 1 is 1.39 bits per heavy atom. The first-order valence-electron chi connectivity index (χ1n) is 6.18. The molecule has 1 aromatic carbocycles. The number of carbonyl (C=O) groups excluding carboxylic acids is 2. The smallest absolute Gasteiger partial charge is 0.328 e. The molecule has 1 atom stereocenters. The third-order valence-corrected chi connectivity index (χ3v) is 2.62. The first-order chi connectivity index (χ1) is 8.77. The number of amides is 1. The second-order valence-electron chi connectivity index (χ2n) is 4.07. The highest BCUT2D eigenvalue weighted by Gasteiger charge is 2.18.